The Morgan fingerprint density at radius 2 is 1.09 bits per heavy atom. The zero-order chi connectivity index (χ0) is 31.1. The standard InChI is InChI=1S/C16H18ClNO4S.C14H16ClNO3S/c1-10(19)16-14-4-2-3-12(9-15(16)20)18(14)23(21,22)13-7-5-11(17)6-8-13;15-10-4-6-14(7-5-10)20(18,19)16-11-2-1-3-12(16)9-13(17)8-11/h5-8,12,14,16H,2-4,9H2,1H3;4-7,11-12H,1-3,8-9H2. The van der Waals surface area contributed by atoms with E-state index in [4.69, 9.17) is 23.2 Å². The number of benzene rings is 2. The Hall–Kier alpha value is -2.15. The molecular weight excluding hydrogens is 635 g/mol. The van der Waals surface area contributed by atoms with E-state index in [1.807, 2.05) is 0 Å². The molecule has 5 unspecified atom stereocenters. The third-order valence-corrected chi connectivity index (χ3v) is 13.3. The number of nitrogens with zero attached hydrogens (tertiary/aromatic N) is 2. The minimum Gasteiger partial charge on any atom is -0.300 e. The molecule has 4 aliphatic heterocycles. The Morgan fingerprint density at radius 3 is 1.56 bits per heavy atom. The molecule has 0 saturated carbocycles. The molecule has 0 N–H and O–H groups in total. The summed E-state index contributed by atoms with van der Waals surface area (Å²) in [6.45, 7) is 1.37. The van der Waals surface area contributed by atoms with Gasteiger partial charge in [0.15, 0.2) is 0 Å². The molecule has 0 radical (unpaired) electrons. The molecule has 4 bridgehead atoms. The molecule has 2 aromatic rings. The smallest absolute Gasteiger partial charge is 0.243 e. The molecule has 4 aliphatic rings. The van der Waals surface area contributed by atoms with Crippen molar-refractivity contribution in [3.63, 3.8) is 0 Å². The molecule has 4 heterocycles. The molecule has 0 aromatic heterocycles. The lowest BCUT2D eigenvalue weighted by Gasteiger charge is -2.47. The second-order valence-corrected chi connectivity index (χ2v) is 16.2. The van der Waals surface area contributed by atoms with Crippen LogP contribution in [-0.4, -0.2) is 67.0 Å². The average Bonchev–Trinajstić information content (AvgIpc) is 2.92. The summed E-state index contributed by atoms with van der Waals surface area (Å²) >= 11 is 11.6. The van der Waals surface area contributed by atoms with E-state index >= 15 is 0 Å². The zero-order valence-electron chi connectivity index (χ0n) is 23.7. The molecule has 43 heavy (non-hydrogen) atoms. The van der Waals surface area contributed by atoms with E-state index in [9.17, 15) is 31.2 Å². The van der Waals surface area contributed by atoms with E-state index in [2.05, 4.69) is 0 Å². The van der Waals surface area contributed by atoms with E-state index in [-0.39, 0.29) is 51.7 Å². The van der Waals surface area contributed by atoms with Crippen molar-refractivity contribution in [2.75, 3.05) is 0 Å². The first-order valence-corrected chi connectivity index (χ1v) is 18.1. The van der Waals surface area contributed by atoms with Gasteiger partial charge >= 0.3 is 0 Å². The molecule has 0 spiro atoms. The Kier molecular flexibility index (Phi) is 9.52. The third-order valence-electron chi connectivity index (χ3n) is 8.83. The van der Waals surface area contributed by atoms with E-state index in [1.54, 1.807) is 16.4 Å². The summed E-state index contributed by atoms with van der Waals surface area (Å²) in [6.07, 6.45) is 5.39. The highest BCUT2D eigenvalue weighted by Crippen LogP contribution is 2.40. The summed E-state index contributed by atoms with van der Waals surface area (Å²) in [6, 6.07) is 11.0. The number of hydrogen-bond donors (Lipinski definition) is 0. The summed E-state index contributed by atoms with van der Waals surface area (Å²) < 4.78 is 54.7. The lowest BCUT2D eigenvalue weighted by molar-refractivity contribution is -0.139. The van der Waals surface area contributed by atoms with Gasteiger partial charge in [-0.2, -0.15) is 8.61 Å². The van der Waals surface area contributed by atoms with Crippen LogP contribution >= 0.6 is 23.2 Å². The number of Topliss-reactive ketones (excluding diaryl/α,β-unsaturated/α-hetero) is 3. The number of hydrogen-bond acceptors (Lipinski definition) is 7. The van der Waals surface area contributed by atoms with Crippen molar-refractivity contribution in [2.45, 2.75) is 98.7 Å². The zero-order valence-corrected chi connectivity index (χ0v) is 26.8. The maximum atomic E-state index is 13.0. The first kappa shape index (κ1) is 32.2. The predicted octanol–water partition coefficient (Wildman–Crippen LogP) is 5.04. The van der Waals surface area contributed by atoms with Crippen molar-refractivity contribution in [3.05, 3.63) is 58.6 Å². The van der Waals surface area contributed by atoms with E-state index < -0.39 is 32.0 Å². The lowest BCUT2D eigenvalue weighted by Crippen LogP contribution is -2.60. The molecule has 6 rings (SSSR count). The summed E-state index contributed by atoms with van der Waals surface area (Å²) in [5, 5.41) is 0.970. The van der Waals surface area contributed by atoms with Crippen LogP contribution in [0.1, 0.15) is 64.7 Å². The van der Waals surface area contributed by atoms with Crippen LogP contribution in [0.3, 0.4) is 0 Å². The average molecular weight is 670 g/mol. The van der Waals surface area contributed by atoms with Crippen LogP contribution in [0.15, 0.2) is 58.3 Å². The van der Waals surface area contributed by atoms with E-state index in [1.165, 1.54) is 47.6 Å². The maximum Gasteiger partial charge on any atom is 0.243 e. The molecular formula is C30H34Cl2N2O7S2. The van der Waals surface area contributed by atoms with Gasteiger partial charge in [-0.1, -0.05) is 36.0 Å². The molecule has 5 atom stereocenters. The summed E-state index contributed by atoms with van der Waals surface area (Å²) in [4.78, 5) is 36.2. The normalized spacial score (nSPS) is 28.1. The predicted molar refractivity (Wildman–Crippen MR) is 162 cm³/mol. The second-order valence-electron chi connectivity index (χ2n) is 11.7. The van der Waals surface area contributed by atoms with Crippen molar-refractivity contribution in [1.82, 2.24) is 8.61 Å². The number of ketones is 3. The molecule has 9 nitrogen and oxygen atoms in total. The summed E-state index contributed by atoms with van der Waals surface area (Å²) in [5.74, 6) is -1.04. The molecule has 0 amide bonds. The fourth-order valence-electron chi connectivity index (χ4n) is 7.02. The summed E-state index contributed by atoms with van der Waals surface area (Å²) in [5.41, 5.74) is 0. The largest absolute Gasteiger partial charge is 0.300 e. The molecule has 2 aromatic carbocycles. The van der Waals surface area contributed by atoms with Gasteiger partial charge in [-0.25, -0.2) is 16.8 Å². The minimum atomic E-state index is -3.76. The Bertz CT molecular complexity index is 1600. The van der Waals surface area contributed by atoms with Crippen LogP contribution in [-0.2, 0) is 34.4 Å². The number of halogens is 2. The van der Waals surface area contributed by atoms with Crippen molar-refractivity contribution in [1.29, 1.82) is 0 Å². The lowest BCUT2D eigenvalue weighted by atomic mass is 9.77. The highest BCUT2D eigenvalue weighted by Gasteiger charge is 2.51. The minimum absolute atomic E-state index is 0.119. The van der Waals surface area contributed by atoms with Crippen molar-refractivity contribution >= 4 is 60.6 Å². The topological polar surface area (TPSA) is 126 Å². The van der Waals surface area contributed by atoms with Gasteiger partial charge in [-0.15, -0.1) is 0 Å². The van der Waals surface area contributed by atoms with Crippen LogP contribution in [0, 0.1) is 5.92 Å². The SMILES string of the molecule is CC(=O)C1C(=O)CC2CCCC1N2S(=O)(=O)c1ccc(Cl)cc1.O=C1CC2CCCC(C1)N2S(=O)(=O)c1ccc(Cl)cc1. The summed E-state index contributed by atoms with van der Waals surface area (Å²) in [7, 11) is -7.30. The van der Waals surface area contributed by atoms with Crippen molar-refractivity contribution in [2.24, 2.45) is 5.92 Å². The molecule has 0 aliphatic carbocycles. The Labute approximate surface area is 262 Å². The quantitative estimate of drug-likeness (QED) is 0.409. The van der Waals surface area contributed by atoms with E-state index in [0.29, 0.717) is 35.7 Å². The highest BCUT2D eigenvalue weighted by atomic mass is 35.5. The van der Waals surface area contributed by atoms with E-state index in [0.717, 1.165) is 25.7 Å². The molecule has 4 fully saturated rings. The fraction of sp³-hybridized carbons (Fsp3) is 0.500. The van der Waals surface area contributed by atoms with Crippen LogP contribution in [0.4, 0.5) is 0 Å². The fourth-order valence-corrected chi connectivity index (χ4v) is 11.0. The van der Waals surface area contributed by atoms with Crippen LogP contribution in [0.2, 0.25) is 10.0 Å². The number of carbonyl (C=O) groups is 3. The number of rotatable bonds is 5. The van der Waals surface area contributed by atoms with Gasteiger partial charge < -0.3 is 0 Å². The third kappa shape index (κ3) is 6.48. The van der Waals surface area contributed by atoms with Crippen molar-refractivity contribution in [3.8, 4) is 0 Å². The first-order valence-electron chi connectivity index (χ1n) is 14.4. The number of fused-ring (bicyclic) bond motifs is 4. The number of sulfonamides is 2. The molecule has 4 saturated heterocycles. The van der Waals surface area contributed by atoms with Crippen LogP contribution in [0.25, 0.3) is 0 Å². The van der Waals surface area contributed by atoms with Gasteiger partial charge in [0, 0.05) is 53.5 Å². The number of piperidine rings is 4. The Balaban J connectivity index is 0.000000173. The van der Waals surface area contributed by atoms with Gasteiger partial charge in [0.1, 0.15) is 17.3 Å². The first-order chi connectivity index (χ1) is 20.3. The molecule has 13 heteroatoms. The highest BCUT2D eigenvalue weighted by molar-refractivity contribution is 7.89. The monoisotopic (exact) mass is 668 g/mol. The number of carbonyl (C=O) groups excluding carboxylic acids is 3. The van der Waals surface area contributed by atoms with Gasteiger partial charge in [0.25, 0.3) is 0 Å². The van der Waals surface area contributed by atoms with Gasteiger partial charge in [-0.05, 0) is 81.1 Å². The second kappa shape index (κ2) is 12.7. The Morgan fingerprint density at radius 1 is 0.674 bits per heavy atom. The van der Waals surface area contributed by atoms with Gasteiger partial charge in [0.2, 0.25) is 20.0 Å². The molecule has 232 valence electrons. The van der Waals surface area contributed by atoms with Gasteiger partial charge in [0.05, 0.1) is 15.7 Å². The van der Waals surface area contributed by atoms with Crippen molar-refractivity contribution < 1.29 is 31.2 Å². The maximum absolute atomic E-state index is 13.0. The van der Waals surface area contributed by atoms with Crippen LogP contribution < -0.4 is 0 Å². The van der Waals surface area contributed by atoms with Gasteiger partial charge in [-0.3, -0.25) is 14.4 Å². The van der Waals surface area contributed by atoms with Crippen LogP contribution in [0.5, 0.6) is 0 Å².